The number of para-hydroxylation sites is 1. The first-order chi connectivity index (χ1) is 7.27. The van der Waals surface area contributed by atoms with Gasteiger partial charge in [-0.15, -0.1) is 6.42 Å². The van der Waals surface area contributed by atoms with Crippen LogP contribution in [0, 0.1) is 12.3 Å². The fourth-order valence-electron chi connectivity index (χ4n) is 1.25. The van der Waals surface area contributed by atoms with E-state index in [1.807, 2.05) is 24.3 Å². The first kappa shape index (κ1) is 11.1. The average molecular weight is 202 g/mol. The Morgan fingerprint density at radius 1 is 1.47 bits per heavy atom. The third kappa shape index (κ3) is 3.35. The van der Waals surface area contributed by atoms with Crippen LogP contribution in [0.3, 0.4) is 0 Å². The maximum absolute atomic E-state index is 11.2. The Kier molecular flexibility index (Phi) is 4.24. The van der Waals surface area contributed by atoms with Gasteiger partial charge < -0.3 is 10.6 Å². The molecule has 0 aliphatic heterocycles. The molecule has 3 nitrogen and oxygen atoms in total. The van der Waals surface area contributed by atoms with Crippen LogP contribution in [0.4, 0.5) is 5.69 Å². The number of carbonyl (C=O) groups is 1. The molecule has 0 atom stereocenters. The third-order valence-corrected chi connectivity index (χ3v) is 2.03. The topological polar surface area (TPSA) is 41.1 Å². The summed E-state index contributed by atoms with van der Waals surface area (Å²) in [4.78, 5) is 11.2. The van der Waals surface area contributed by atoms with Gasteiger partial charge in [0.25, 0.3) is 0 Å². The van der Waals surface area contributed by atoms with Crippen molar-refractivity contribution in [3.63, 3.8) is 0 Å². The largest absolute Gasteiger partial charge is 0.374 e. The minimum absolute atomic E-state index is 0.00930. The van der Waals surface area contributed by atoms with Crippen molar-refractivity contribution < 1.29 is 4.79 Å². The van der Waals surface area contributed by atoms with Gasteiger partial charge in [0.2, 0.25) is 5.91 Å². The number of hydrogen-bond donors (Lipinski definition) is 2. The summed E-state index contributed by atoms with van der Waals surface area (Å²) in [6, 6.07) is 7.63. The molecule has 1 aromatic rings. The lowest BCUT2D eigenvalue weighted by Crippen LogP contribution is -2.20. The second kappa shape index (κ2) is 5.71. The third-order valence-electron chi connectivity index (χ3n) is 2.03. The normalized spacial score (nSPS) is 9.07. The van der Waals surface area contributed by atoms with E-state index in [1.54, 1.807) is 7.05 Å². The maximum atomic E-state index is 11.2. The van der Waals surface area contributed by atoms with Gasteiger partial charge >= 0.3 is 0 Å². The van der Waals surface area contributed by atoms with E-state index in [9.17, 15) is 4.79 Å². The number of hydrogen-bond acceptors (Lipinski definition) is 2. The Bertz CT molecular complexity index is 379. The summed E-state index contributed by atoms with van der Waals surface area (Å²) in [5.74, 6) is 2.49. The first-order valence-electron chi connectivity index (χ1n) is 4.73. The lowest BCUT2D eigenvalue weighted by atomic mass is 10.1. The van der Waals surface area contributed by atoms with E-state index >= 15 is 0 Å². The van der Waals surface area contributed by atoms with E-state index in [0.717, 1.165) is 11.3 Å². The monoisotopic (exact) mass is 202 g/mol. The fraction of sp³-hybridized carbons (Fsp3) is 0.250. The molecule has 78 valence electrons. The van der Waals surface area contributed by atoms with E-state index in [4.69, 9.17) is 6.42 Å². The van der Waals surface area contributed by atoms with Crippen molar-refractivity contribution in [2.24, 2.45) is 0 Å². The molecule has 0 saturated heterocycles. The van der Waals surface area contributed by atoms with Crippen LogP contribution in [0.25, 0.3) is 0 Å². The van der Waals surface area contributed by atoms with Crippen molar-refractivity contribution in [3.05, 3.63) is 29.8 Å². The number of likely N-dealkylation sites (N-methyl/N-ethyl adjacent to an activating group) is 1. The summed E-state index contributed by atoms with van der Waals surface area (Å²) < 4.78 is 0. The molecule has 2 N–H and O–H groups in total. The Labute approximate surface area is 89.9 Å². The molecule has 0 heterocycles. The molecule has 0 bridgehead atoms. The summed E-state index contributed by atoms with van der Waals surface area (Å²) in [6.07, 6.45) is 5.53. The fourth-order valence-corrected chi connectivity index (χ4v) is 1.25. The van der Waals surface area contributed by atoms with Gasteiger partial charge in [-0.05, 0) is 11.6 Å². The minimum Gasteiger partial charge on any atom is -0.374 e. The molecule has 0 unspecified atom stereocenters. The van der Waals surface area contributed by atoms with Crippen LogP contribution in [-0.4, -0.2) is 19.5 Å². The van der Waals surface area contributed by atoms with E-state index in [1.165, 1.54) is 0 Å². The predicted octanol–water partition coefficient (Wildman–Crippen LogP) is 1.02. The number of amides is 1. The molecule has 0 aliphatic rings. The van der Waals surface area contributed by atoms with Gasteiger partial charge in [-0.25, -0.2) is 0 Å². The highest BCUT2D eigenvalue weighted by Gasteiger charge is 2.04. The van der Waals surface area contributed by atoms with Gasteiger partial charge in [0.15, 0.2) is 0 Å². The van der Waals surface area contributed by atoms with Crippen molar-refractivity contribution >= 4 is 11.6 Å². The Balaban J connectivity index is 2.77. The number of terminal acetylenes is 1. The SMILES string of the molecule is C#CCNc1ccccc1CC(=O)NC. The van der Waals surface area contributed by atoms with Gasteiger partial charge in [-0.1, -0.05) is 24.1 Å². The molecule has 0 aromatic heterocycles. The highest BCUT2D eigenvalue weighted by Crippen LogP contribution is 2.14. The van der Waals surface area contributed by atoms with E-state index in [-0.39, 0.29) is 5.91 Å². The van der Waals surface area contributed by atoms with Gasteiger partial charge in [0.1, 0.15) is 0 Å². The van der Waals surface area contributed by atoms with Gasteiger partial charge in [0.05, 0.1) is 13.0 Å². The highest BCUT2D eigenvalue weighted by atomic mass is 16.1. The summed E-state index contributed by atoms with van der Waals surface area (Å²) >= 11 is 0. The minimum atomic E-state index is -0.00930. The molecular formula is C12H14N2O. The van der Waals surface area contributed by atoms with Crippen LogP contribution < -0.4 is 10.6 Å². The Morgan fingerprint density at radius 3 is 2.87 bits per heavy atom. The molecule has 15 heavy (non-hydrogen) atoms. The van der Waals surface area contributed by atoms with Crippen LogP contribution in [0.1, 0.15) is 5.56 Å². The molecule has 1 amide bonds. The van der Waals surface area contributed by atoms with Crippen molar-refractivity contribution in [2.75, 3.05) is 18.9 Å². The van der Waals surface area contributed by atoms with E-state index in [2.05, 4.69) is 16.6 Å². The van der Waals surface area contributed by atoms with Crippen molar-refractivity contribution in [3.8, 4) is 12.3 Å². The molecule has 0 saturated carbocycles. The van der Waals surface area contributed by atoms with Gasteiger partial charge in [0, 0.05) is 12.7 Å². The Morgan fingerprint density at radius 2 is 2.20 bits per heavy atom. The van der Waals surface area contributed by atoms with Crippen LogP contribution in [0.15, 0.2) is 24.3 Å². The van der Waals surface area contributed by atoms with Gasteiger partial charge in [-0.2, -0.15) is 0 Å². The quantitative estimate of drug-likeness (QED) is 0.716. The smallest absolute Gasteiger partial charge is 0.224 e. The molecule has 0 radical (unpaired) electrons. The van der Waals surface area contributed by atoms with Crippen molar-refractivity contribution in [1.82, 2.24) is 5.32 Å². The second-order valence-corrected chi connectivity index (χ2v) is 3.06. The second-order valence-electron chi connectivity index (χ2n) is 3.06. The zero-order valence-electron chi connectivity index (χ0n) is 8.71. The lowest BCUT2D eigenvalue weighted by molar-refractivity contribution is -0.119. The van der Waals surface area contributed by atoms with Crippen molar-refractivity contribution in [2.45, 2.75) is 6.42 Å². The number of carbonyl (C=O) groups excluding carboxylic acids is 1. The zero-order valence-corrected chi connectivity index (χ0v) is 8.71. The van der Waals surface area contributed by atoms with Crippen LogP contribution in [0.2, 0.25) is 0 Å². The molecule has 0 spiro atoms. The maximum Gasteiger partial charge on any atom is 0.224 e. The molecular weight excluding hydrogens is 188 g/mol. The number of anilines is 1. The van der Waals surface area contributed by atoms with E-state index in [0.29, 0.717) is 13.0 Å². The standard InChI is InChI=1S/C12H14N2O/c1-3-8-14-11-7-5-4-6-10(11)9-12(15)13-2/h1,4-7,14H,8-9H2,2H3,(H,13,15). The van der Waals surface area contributed by atoms with Gasteiger partial charge in [-0.3, -0.25) is 4.79 Å². The van der Waals surface area contributed by atoms with E-state index < -0.39 is 0 Å². The zero-order chi connectivity index (χ0) is 11.1. The van der Waals surface area contributed by atoms with Crippen LogP contribution >= 0.6 is 0 Å². The predicted molar refractivity (Wildman–Crippen MR) is 61.5 cm³/mol. The summed E-state index contributed by atoms with van der Waals surface area (Å²) in [7, 11) is 1.62. The molecule has 3 heteroatoms. The van der Waals surface area contributed by atoms with Crippen LogP contribution in [0.5, 0.6) is 0 Å². The molecule has 0 fully saturated rings. The molecule has 1 rings (SSSR count). The summed E-state index contributed by atoms with van der Waals surface area (Å²) in [5.41, 5.74) is 1.87. The van der Waals surface area contributed by atoms with Crippen molar-refractivity contribution in [1.29, 1.82) is 0 Å². The summed E-state index contributed by atoms with van der Waals surface area (Å²) in [5, 5.41) is 5.67. The first-order valence-corrected chi connectivity index (χ1v) is 4.73. The number of nitrogens with one attached hydrogen (secondary N) is 2. The number of benzene rings is 1. The molecule has 1 aromatic carbocycles. The summed E-state index contributed by atoms with van der Waals surface area (Å²) in [6.45, 7) is 0.463. The Hall–Kier alpha value is -1.95. The lowest BCUT2D eigenvalue weighted by Gasteiger charge is -2.09. The highest BCUT2D eigenvalue weighted by molar-refractivity contribution is 5.80. The number of rotatable bonds is 4. The molecule has 0 aliphatic carbocycles. The van der Waals surface area contributed by atoms with Crippen LogP contribution in [-0.2, 0) is 11.2 Å². The average Bonchev–Trinajstić information content (AvgIpc) is 2.28.